The number of nitrogens with zero attached hydrogens (tertiary/aromatic N) is 4. The quantitative estimate of drug-likeness (QED) is 0.173. The zero-order valence-corrected chi connectivity index (χ0v) is 23.0. The summed E-state index contributed by atoms with van der Waals surface area (Å²) in [6.45, 7) is 3.44. The molecule has 0 spiro atoms. The summed E-state index contributed by atoms with van der Waals surface area (Å²) in [4.78, 5) is 21.2. The first kappa shape index (κ1) is 29.7. The first-order valence-electron chi connectivity index (χ1n) is 12.4. The lowest BCUT2D eigenvalue weighted by Crippen LogP contribution is -2.30. The Bertz CT molecular complexity index is 1720. The lowest BCUT2D eigenvalue weighted by atomic mass is 10.0. The molecule has 0 saturated carbocycles. The van der Waals surface area contributed by atoms with E-state index in [9.17, 15) is 35.9 Å². The van der Waals surface area contributed by atoms with E-state index in [4.69, 9.17) is 0 Å². The third-order valence-corrected chi connectivity index (χ3v) is 7.47. The normalized spacial score (nSPS) is 12.1. The lowest BCUT2D eigenvalue weighted by molar-refractivity contribution is -0.127. The van der Waals surface area contributed by atoms with Gasteiger partial charge in [0.2, 0.25) is 10.0 Å². The Hall–Kier alpha value is -4.27. The highest BCUT2D eigenvalue weighted by Crippen LogP contribution is 2.35. The molecular formula is C26H26F4N6O4S. The molecule has 0 unspecified atom stereocenters. The van der Waals surface area contributed by atoms with Crippen LogP contribution in [0, 0.1) is 5.82 Å². The van der Waals surface area contributed by atoms with Crippen LogP contribution < -0.4 is 9.62 Å². The number of carbonyl (C=O) groups is 1. The van der Waals surface area contributed by atoms with Gasteiger partial charge in [0.25, 0.3) is 0 Å². The SMILES string of the molecule is CCC(=O)c1[nH]nc2nc(-c3cc(F)c(O)cc3CC(F)(F)F)nc(NCc3ccccc3N(CC)S(C)(=O)=O)c12. The fraction of sp³-hybridized carbons (Fsp3) is 0.308. The molecule has 0 aliphatic rings. The Balaban J connectivity index is 1.88. The molecule has 15 heteroatoms. The summed E-state index contributed by atoms with van der Waals surface area (Å²) in [6.07, 6.45) is -5.01. The number of hydrogen-bond donors (Lipinski definition) is 3. The Morgan fingerprint density at radius 2 is 1.83 bits per heavy atom. The fourth-order valence-corrected chi connectivity index (χ4v) is 5.40. The van der Waals surface area contributed by atoms with E-state index in [1.165, 1.54) is 4.31 Å². The first-order valence-corrected chi connectivity index (χ1v) is 14.3. The summed E-state index contributed by atoms with van der Waals surface area (Å²) < 4.78 is 80.3. The molecular weight excluding hydrogens is 568 g/mol. The molecule has 4 rings (SSSR count). The summed E-state index contributed by atoms with van der Waals surface area (Å²) in [5.74, 6) is -2.82. The molecule has 0 aliphatic carbocycles. The van der Waals surface area contributed by atoms with Gasteiger partial charge in [0.1, 0.15) is 11.5 Å². The number of carbonyl (C=O) groups excluding carboxylic acids is 1. The van der Waals surface area contributed by atoms with Gasteiger partial charge >= 0.3 is 6.18 Å². The monoisotopic (exact) mass is 594 g/mol. The highest BCUT2D eigenvalue weighted by Gasteiger charge is 2.31. The molecule has 0 amide bonds. The number of nitrogens with one attached hydrogen (secondary N) is 2. The van der Waals surface area contributed by atoms with Gasteiger partial charge in [-0.1, -0.05) is 25.1 Å². The average molecular weight is 595 g/mol. The van der Waals surface area contributed by atoms with Crippen molar-refractivity contribution < 1.29 is 35.9 Å². The largest absolute Gasteiger partial charge is 0.505 e. The molecule has 10 nitrogen and oxygen atoms in total. The van der Waals surface area contributed by atoms with Crippen LogP contribution in [-0.4, -0.2) is 58.4 Å². The number of rotatable bonds is 10. The van der Waals surface area contributed by atoms with E-state index in [-0.39, 0.29) is 59.2 Å². The van der Waals surface area contributed by atoms with E-state index in [0.29, 0.717) is 23.4 Å². The van der Waals surface area contributed by atoms with Crippen molar-refractivity contribution in [3.05, 3.63) is 59.0 Å². The maximum Gasteiger partial charge on any atom is 0.393 e. The molecule has 0 saturated heterocycles. The predicted octanol–water partition coefficient (Wildman–Crippen LogP) is 4.96. The molecule has 41 heavy (non-hydrogen) atoms. The van der Waals surface area contributed by atoms with Gasteiger partial charge in [0, 0.05) is 25.1 Å². The summed E-state index contributed by atoms with van der Waals surface area (Å²) >= 11 is 0. The summed E-state index contributed by atoms with van der Waals surface area (Å²) in [5, 5.41) is 19.6. The van der Waals surface area contributed by atoms with Crippen molar-refractivity contribution >= 4 is 38.3 Å². The number of halogens is 4. The van der Waals surface area contributed by atoms with Gasteiger partial charge in [-0.2, -0.15) is 18.3 Å². The second-order valence-electron chi connectivity index (χ2n) is 9.13. The van der Waals surface area contributed by atoms with Crippen LogP contribution >= 0.6 is 0 Å². The van der Waals surface area contributed by atoms with Crippen LogP contribution in [0.2, 0.25) is 0 Å². The maximum atomic E-state index is 14.3. The van der Waals surface area contributed by atoms with Crippen molar-refractivity contribution in [1.82, 2.24) is 20.2 Å². The topological polar surface area (TPSA) is 141 Å². The van der Waals surface area contributed by atoms with E-state index in [2.05, 4.69) is 25.5 Å². The number of alkyl halides is 3. The van der Waals surface area contributed by atoms with Crippen LogP contribution in [0.4, 0.5) is 29.1 Å². The van der Waals surface area contributed by atoms with Crippen molar-refractivity contribution in [3.63, 3.8) is 0 Å². The van der Waals surface area contributed by atoms with Crippen molar-refractivity contribution in [1.29, 1.82) is 0 Å². The third kappa shape index (κ3) is 6.39. The van der Waals surface area contributed by atoms with Crippen LogP contribution in [0.5, 0.6) is 5.75 Å². The highest BCUT2D eigenvalue weighted by atomic mass is 32.2. The maximum absolute atomic E-state index is 14.3. The van der Waals surface area contributed by atoms with Crippen LogP contribution in [0.1, 0.15) is 41.9 Å². The van der Waals surface area contributed by atoms with Crippen LogP contribution in [0.25, 0.3) is 22.4 Å². The minimum Gasteiger partial charge on any atom is -0.505 e. The summed E-state index contributed by atoms with van der Waals surface area (Å²) in [6, 6.07) is 8.03. The number of aromatic hydroxyl groups is 1. The van der Waals surface area contributed by atoms with Gasteiger partial charge in [-0.05, 0) is 36.2 Å². The first-order chi connectivity index (χ1) is 19.2. The van der Waals surface area contributed by atoms with Gasteiger partial charge in [-0.15, -0.1) is 0 Å². The molecule has 3 N–H and O–H groups in total. The number of benzene rings is 2. The van der Waals surface area contributed by atoms with Crippen LogP contribution in [0.3, 0.4) is 0 Å². The zero-order chi connectivity index (χ0) is 30.1. The number of phenolic OH excluding ortho intramolecular Hbond substituents is 1. The Kier molecular flexibility index (Phi) is 8.19. The average Bonchev–Trinajstić information content (AvgIpc) is 3.32. The number of fused-ring (bicyclic) bond motifs is 1. The number of H-pyrrole nitrogens is 1. The van der Waals surface area contributed by atoms with Gasteiger partial charge < -0.3 is 10.4 Å². The van der Waals surface area contributed by atoms with Gasteiger partial charge in [0.05, 0.1) is 23.8 Å². The standard InChI is InChI=1S/C26H26F4N6O4S/c1-4-19(37)22-21-24(31-13-14-8-6-7-9-18(14)36(5-2)41(3,39)40)32-23(33-25(21)35-34-22)16-11-17(27)20(38)10-15(16)12-26(28,29)30/h6-11,38H,4-5,12-13H2,1-3H3,(H2,31,32,33,34,35). The number of sulfonamides is 1. The number of aromatic nitrogens is 4. The van der Waals surface area contributed by atoms with Crippen molar-refractivity contribution in [2.75, 3.05) is 22.4 Å². The molecule has 0 aliphatic heterocycles. The number of Topliss-reactive ketones (excluding diaryl/α,β-unsaturated/α-hetero) is 1. The van der Waals surface area contributed by atoms with Gasteiger partial charge in [-0.3, -0.25) is 14.2 Å². The number of para-hydroxylation sites is 1. The van der Waals surface area contributed by atoms with Crippen LogP contribution in [-0.2, 0) is 23.0 Å². The molecule has 2 heterocycles. The van der Waals surface area contributed by atoms with Crippen molar-refractivity contribution in [3.8, 4) is 17.1 Å². The Labute approximate surface area is 232 Å². The summed E-state index contributed by atoms with van der Waals surface area (Å²) in [5.41, 5.74) is 0.112. The van der Waals surface area contributed by atoms with E-state index in [1.807, 2.05) is 0 Å². The Morgan fingerprint density at radius 1 is 1.12 bits per heavy atom. The van der Waals surface area contributed by atoms with E-state index in [1.54, 1.807) is 38.1 Å². The molecule has 0 radical (unpaired) electrons. The number of hydrogen-bond acceptors (Lipinski definition) is 8. The summed E-state index contributed by atoms with van der Waals surface area (Å²) in [7, 11) is -3.62. The predicted molar refractivity (Wildman–Crippen MR) is 145 cm³/mol. The number of ketones is 1. The van der Waals surface area contributed by atoms with Gasteiger partial charge in [0.15, 0.2) is 28.8 Å². The number of anilines is 2. The highest BCUT2D eigenvalue weighted by molar-refractivity contribution is 7.92. The second-order valence-corrected chi connectivity index (χ2v) is 11.0. The van der Waals surface area contributed by atoms with E-state index >= 15 is 0 Å². The molecule has 0 bridgehead atoms. The Morgan fingerprint density at radius 3 is 2.46 bits per heavy atom. The molecule has 2 aromatic heterocycles. The van der Waals surface area contributed by atoms with Crippen molar-refractivity contribution in [2.24, 2.45) is 0 Å². The minimum atomic E-state index is -4.69. The number of phenols is 1. The lowest BCUT2D eigenvalue weighted by Gasteiger charge is -2.23. The molecule has 2 aromatic carbocycles. The second kappa shape index (κ2) is 11.3. The minimum absolute atomic E-state index is 0.000742. The van der Waals surface area contributed by atoms with E-state index in [0.717, 1.165) is 6.26 Å². The van der Waals surface area contributed by atoms with Gasteiger partial charge in [-0.25, -0.2) is 22.8 Å². The third-order valence-electron chi connectivity index (χ3n) is 6.21. The van der Waals surface area contributed by atoms with Crippen molar-refractivity contribution in [2.45, 2.75) is 39.4 Å². The molecule has 218 valence electrons. The molecule has 4 aromatic rings. The zero-order valence-electron chi connectivity index (χ0n) is 22.2. The molecule has 0 atom stereocenters. The smallest absolute Gasteiger partial charge is 0.393 e. The van der Waals surface area contributed by atoms with E-state index < -0.39 is 39.8 Å². The number of aromatic amines is 1. The molecule has 0 fully saturated rings. The fourth-order valence-electron chi connectivity index (χ4n) is 4.39. The van der Waals surface area contributed by atoms with Crippen LogP contribution in [0.15, 0.2) is 36.4 Å².